The average Bonchev–Trinajstić information content (AvgIpc) is 2.79. The van der Waals surface area contributed by atoms with Gasteiger partial charge in [0, 0.05) is 6.54 Å². The van der Waals surface area contributed by atoms with Gasteiger partial charge in [-0.3, -0.25) is 4.90 Å². The Morgan fingerprint density at radius 2 is 1.94 bits per heavy atom. The number of methoxy groups -OCH3 is 1. The minimum Gasteiger partial charge on any atom is -0.497 e. The van der Waals surface area contributed by atoms with Crippen molar-refractivity contribution in [2.75, 3.05) is 34.3 Å². The standard InChI is InChI=1S/C13H20N2O/c1-15(2)13(8-9-14-10-13)11-4-6-12(16-3)7-5-11/h4-7,14H,8-10H2,1-3H3. The smallest absolute Gasteiger partial charge is 0.118 e. The van der Waals surface area contributed by atoms with E-state index in [-0.39, 0.29) is 5.54 Å². The molecule has 1 heterocycles. The molecule has 2 rings (SSSR count). The average molecular weight is 220 g/mol. The zero-order valence-electron chi connectivity index (χ0n) is 10.3. The molecule has 1 aliphatic rings. The van der Waals surface area contributed by atoms with Crippen molar-refractivity contribution in [1.82, 2.24) is 10.2 Å². The summed E-state index contributed by atoms with van der Waals surface area (Å²) in [7, 11) is 6.00. The monoisotopic (exact) mass is 220 g/mol. The second-order valence-corrected chi connectivity index (χ2v) is 4.58. The lowest BCUT2D eigenvalue weighted by Crippen LogP contribution is -2.43. The molecule has 0 amide bonds. The van der Waals surface area contributed by atoms with E-state index in [0.717, 1.165) is 25.3 Å². The summed E-state index contributed by atoms with van der Waals surface area (Å²) in [5.74, 6) is 0.920. The van der Waals surface area contributed by atoms with E-state index >= 15 is 0 Å². The molecule has 0 bridgehead atoms. The molecule has 0 aliphatic carbocycles. The molecule has 1 atom stereocenters. The molecule has 0 aromatic heterocycles. The molecule has 0 spiro atoms. The van der Waals surface area contributed by atoms with Crippen LogP contribution in [-0.2, 0) is 5.54 Å². The van der Waals surface area contributed by atoms with Gasteiger partial charge < -0.3 is 10.1 Å². The summed E-state index contributed by atoms with van der Waals surface area (Å²) in [5, 5.41) is 3.45. The van der Waals surface area contributed by atoms with Crippen molar-refractivity contribution in [1.29, 1.82) is 0 Å². The van der Waals surface area contributed by atoms with Crippen LogP contribution in [0.3, 0.4) is 0 Å². The fraction of sp³-hybridized carbons (Fsp3) is 0.538. The Morgan fingerprint density at radius 3 is 2.38 bits per heavy atom. The second kappa shape index (κ2) is 4.44. The van der Waals surface area contributed by atoms with Gasteiger partial charge in [0.15, 0.2) is 0 Å². The van der Waals surface area contributed by atoms with Gasteiger partial charge in [0.05, 0.1) is 12.6 Å². The Kier molecular flexibility index (Phi) is 3.17. The van der Waals surface area contributed by atoms with E-state index in [1.807, 2.05) is 12.1 Å². The third-order valence-corrected chi connectivity index (χ3v) is 3.62. The first-order chi connectivity index (χ1) is 7.69. The lowest BCUT2D eigenvalue weighted by molar-refractivity contribution is 0.174. The molecule has 1 fully saturated rings. The molecular weight excluding hydrogens is 200 g/mol. The molecule has 16 heavy (non-hydrogen) atoms. The second-order valence-electron chi connectivity index (χ2n) is 4.58. The number of hydrogen-bond donors (Lipinski definition) is 1. The summed E-state index contributed by atoms with van der Waals surface area (Å²) in [6.07, 6.45) is 1.16. The number of likely N-dealkylation sites (N-methyl/N-ethyl adjacent to an activating group) is 1. The van der Waals surface area contributed by atoms with E-state index in [0.29, 0.717) is 0 Å². The zero-order chi connectivity index (χ0) is 11.6. The largest absolute Gasteiger partial charge is 0.497 e. The third-order valence-electron chi connectivity index (χ3n) is 3.62. The van der Waals surface area contributed by atoms with Crippen molar-refractivity contribution in [3.63, 3.8) is 0 Å². The van der Waals surface area contributed by atoms with Crippen LogP contribution in [0.5, 0.6) is 5.75 Å². The minimum absolute atomic E-state index is 0.145. The van der Waals surface area contributed by atoms with E-state index in [9.17, 15) is 0 Å². The molecule has 1 saturated heterocycles. The Balaban J connectivity index is 2.32. The first-order valence-electron chi connectivity index (χ1n) is 5.72. The Labute approximate surface area is 97.4 Å². The normalized spacial score (nSPS) is 25.0. The van der Waals surface area contributed by atoms with Gasteiger partial charge in [-0.25, -0.2) is 0 Å². The van der Waals surface area contributed by atoms with Crippen LogP contribution in [0.25, 0.3) is 0 Å². The lowest BCUT2D eigenvalue weighted by atomic mass is 9.88. The highest BCUT2D eigenvalue weighted by atomic mass is 16.5. The minimum atomic E-state index is 0.145. The number of rotatable bonds is 3. The van der Waals surface area contributed by atoms with Crippen LogP contribution in [0.4, 0.5) is 0 Å². The number of hydrogen-bond acceptors (Lipinski definition) is 3. The van der Waals surface area contributed by atoms with Gasteiger partial charge in [-0.15, -0.1) is 0 Å². The molecule has 1 unspecified atom stereocenters. The van der Waals surface area contributed by atoms with Crippen LogP contribution in [-0.4, -0.2) is 39.2 Å². The maximum absolute atomic E-state index is 5.20. The first kappa shape index (κ1) is 11.4. The molecule has 3 nitrogen and oxygen atoms in total. The fourth-order valence-corrected chi connectivity index (χ4v) is 2.47. The highest BCUT2D eigenvalue weighted by Crippen LogP contribution is 2.33. The van der Waals surface area contributed by atoms with Crippen LogP contribution >= 0.6 is 0 Å². The van der Waals surface area contributed by atoms with Crippen molar-refractivity contribution in [2.45, 2.75) is 12.0 Å². The third kappa shape index (κ3) is 1.81. The predicted octanol–water partition coefficient (Wildman–Crippen LogP) is 1.45. The topological polar surface area (TPSA) is 24.5 Å². The Morgan fingerprint density at radius 1 is 1.25 bits per heavy atom. The van der Waals surface area contributed by atoms with Crippen molar-refractivity contribution in [3.8, 4) is 5.75 Å². The van der Waals surface area contributed by atoms with E-state index < -0.39 is 0 Å². The molecule has 1 aliphatic heterocycles. The van der Waals surface area contributed by atoms with E-state index in [1.54, 1.807) is 7.11 Å². The van der Waals surface area contributed by atoms with Gasteiger partial charge in [0.25, 0.3) is 0 Å². The molecule has 3 heteroatoms. The van der Waals surface area contributed by atoms with Gasteiger partial charge in [-0.2, -0.15) is 0 Å². The molecular formula is C13H20N2O. The molecule has 0 saturated carbocycles. The van der Waals surface area contributed by atoms with E-state index in [4.69, 9.17) is 4.74 Å². The fourth-order valence-electron chi connectivity index (χ4n) is 2.47. The van der Waals surface area contributed by atoms with Crippen LogP contribution in [0.1, 0.15) is 12.0 Å². The van der Waals surface area contributed by atoms with Crippen LogP contribution < -0.4 is 10.1 Å². The van der Waals surface area contributed by atoms with Crippen molar-refractivity contribution in [3.05, 3.63) is 29.8 Å². The van der Waals surface area contributed by atoms with Gasteiger partial charge in [-0.05, 0) is 44.8 Å². The van der Waals surface area contributed by atoms with E-state index in [2.05, 4.69) is 36.4 Å². The summed E-state index contributed by atoms with van der Waals surface area (Å²) >= 11 is 0. The SMILES string of the molecule is COc1ccc(C2(N(C)C)CCNC2)cc1. The molecule has 1 aromatic carbocycles. The summed E-state index contributed by atoms with van der Waals surface area (Å²) in [4.78, 5) is 2.31. The summed E-state index contributed by atoms with van der Waals surface area (Å²) in [5.41, 5.74) is 1.51. The van der Waals surface area contributed by atoms with Crippen molar-refractivity contribution >= 4 is 0 Å². The summed E-state index contributed by atoms with van der Waals surface area (Å²) in [6.45, 7) is 2.11. The molecule has 0 radical (unpaired) electrons. The van der Waals surface area contributed by atoms with Gasteiger partial charge in [0.1, 0.15) is 5.75 Å². The quantitative estimate of drug-likeness (QED) is 0.834. The van der Waals surface area contributed by atoms with Crippen molar-refractivity contribution in [2.24, 2.45) is 0 Å². The zero-order valence-corrected chi connectivity index (χ0v) is 10.3. The van der Waals surface area contributed by atoms with E-state index in [1.165, 1.54) is 5.56 Å². The van der Waals surface area contributed by atoms with Crippen LogP contribution in [0, 0.1) is 0 Å². The number of nitrogens with one attached hydrogen (secondary N) is 1. The molecule has 88 valence electrons. The summed E-state index contributed by atoms with van der Waals surface area (Å²) < 4.78 is 5.20. The van der Waals surface area contributed by atoms with Gasteiger partial charge in [0.2, 0.25) is 0 Å². The highest BCUT2D eigenvalue weighted by Gasteiger charge is 2.37. The molecule has 1 aromatic rings. The lowest BCUT2D eigenvalue weighted by Gasteiger charge is -2.36. The number of ether oxygens (including phenoxy) is 1. The van der Waals surface area contributed by atoms with Crippen LogP contribution in [0.2, 0.25) is 0 Å². The Hall–Kier alpha value is -1.06. The maximum atomic E-state index is 5.20. The Bertz CT molecular complexity index is 339. The maximum Gasteiger partial charge on any atom is 0.118 e. The highest BCUT2D eigenvalue weighted by molar-refractivity contribution is 5.33. The number of benzene rings is 1. The molecule has 1 N–H and O–H groups in total. The first-order valence-corrected chi connectivity index (χ1v) is 5.72. The van der Waals surface area contributed by atoms with Gasteiger partial charge >= 0.3 is 0 Å². The van der Waals surface area contributed by atoms with Crippen LogP contribution in [0.15, 0.2) is 24.3 Å². The number of nitrogens with zero attached hydrogens (tertiary/aromatic N) is 1. The summed E-state index contributed by atoms with van der Waals surface area (Å²) in [6, 6.07) is 8.43. The van der Waals surface area contributed by atoms with Gasteiger partial charge in [-0.1, -0.05) is 12.1 Å². The predicted molar refractivity (Wildman–Crippen MR) is 65.8 cm³/mol. The van der Waals surface area contributed by atoms with Crippen molar-refractivity contribution < 1.29 is 4.74 Å².